The van der Waals surface area contributed by atoms with Crippen molar-refractivity contribution in [3.05, 3.63) is 71.8 Å². The summed E-state index contributed by atoms with van der Waals surface area (Å²) in [4.78, 5) is 14.7. The summed E-state index contributed by atoms with van der Waals surface area (Å²) in [5.41, 5.74) is 2.32. The third-order valence-electron chi connectivity index (χ3n) is 4.48. The summed E-state index contributed by atoms with van der Waals surface area (Å²) >= 11 is 0. The van der Waals surface area contributed by atoms with Gasteiger partial charge in [0.1, 0.15) is 0 Å². The van der Waals surface area contributed by atoms with E-state index in [1.54, 1.807) is 4.90 Å². The summed E-state index contributed by atoms with van der Waals surface area (Å²) in [5, 5.41) is 0. The Labute approximate surface area is 174 Å². The van der Waals surface area contributed by atoms with E-state index in [1.807, 2.05) is 62.4 Å². The van der Waals surface area contributed by atoms with Crippen molar-refractivity contribution in [2.75, 3.05) is 33.0 Å². The van der Waals surface area contributed by atoms with Crippen LogP contribution in [0, 0.1) is 0 Å². The van der Waals surface area contributed by atoms with Crippen molar-refractivity contribution in [1.82, 2.24) is 4.90 Å². The maximum atomic E-state index is 12.9. The van der Waals surface area contributed by atoms with Gasteiger partial charge < -0.3 is 19.1 Å². The largest absolute Gasteiger partial charge is 0.381 e. The Morgan fingerprint density at radius 2 is 1.45 bits per heavy atom. The molecule has 0 radical (unpaired) electrons. The maximum absolute atomic E-state index is 12.9. The number of nitrogens with zero attached hydrogens (tertiary/aromatic N) is 1. The zero-order chi connectivity index (χ0) is 20.7. The summed E-state index contributed by atoms with van der Waals surface area (Å²) < 4.78 is 17.0. The highest BCUT2D eigenvalue weighted by atomic mass is 16.7. The lowest BCUT2D eigenvalue weighted by Crippen LogP contribution is -2.39. The summed E-state index contributed by atoms with van der Waals surface area (Å²) in [6.07, 6.45) is 0.767. The van der Waals surface area contributed by atoms with Crippen molar-refractivity contribution in [3.8, 4) is 0 Å². The molecule has 2 aromatic carbocycles. The molecule has 1 amide bonds. The van der Waals surface area contributed by atoms with E-state index in [2.05, 4.69) is 12.1 Å². The molecule has 0 spiro atoms. The number of carbonyl (C=O) groups excluding carboxylic acids is 1. The second-order valence-corrected chi connectivity index (χ2v) is 6.70. The number of amides is 1. The highest BCUT2D eigenvalue weighted by Gasteiger charge is 2.20. The molecule has 0 fully saturated rings. The second-order valence-electron chi connectivity index (χ2n) is 6.70. The molecule has 29 heavy (non-hydrogen) atoms. The molecular weight excluding hydrogens is 366 g/mol. The van der Waals surface area contributed by atoms with E-state index in [-0.39, 0.29) is 5.91 Å². The fourth-order valence-corrected chi connectivity index (χ4v) is 3.02. The normalized spacial score (nSPS) is 11.0. The van der Waals surface area contributed by atoms with Crippen LogP contribution in [0.15, 0.2) is 60.7 Å². The Morgan fingerprint density at radius 3 is 2.03 bits per heavy atom. The summed E-state index contributed by atoms with van der Waals surface area (Å²) in [6, 6.07) is 20.2. The van der Waals surface area contributed by atoms with E-state index in [4.69, 9.17) is 14.2 Å². The van der Waals surface area contributed by atoms with Crippen LogP contribution in [-0.2, 0) is 32.0 Å². The topological polar surface area (TPSA) is 48.0 Å². The lowest BCUT2D eigenvalue weighted by molar-refractivity contribution is -0.160. The van der Waals surface area contributed by atoms with Crippen LogP contribution in [0.1, 0.15) is 31.4 Å². The van der Waals surface area contributed by atoms with Gasteiger partial charge in [0.25, 0.3) is 0 Å². The first kappa shape index (κ1) is 23.1. The van der Waals surface area contributed by atoms with E-state index < -0.39 is 6.29 Å². The average Bonchev–Trinajstić information content (AvgIpc) is 2.75. The molecule has 0 atom stereocenters. The lowest BCUT2D eigenvalue weighted by atomic mass is 10.2. The lowest BCUT2D eigenvalue weighted by Gasteiger charge is -2.27. The number of hydrogen-bond acceptors (Lipinski definition) is 4. The first-order valence-electron chi connectivity index (χ1n) is 10.4. The third-order valence-corrected chi connectivity index (χ3v) is 4.48. The van der Waals surface area contributed by atoms with Crippen LogP contribution in [0.3, 0.4) is 0 Å². The minimum absolute atomic E-state index is 0.0398. The highest BCUT2D eigenvalue weighted by molar-refractivity contribution is 5.76. The standard InChI is InChI=1S/C24H33NO4/c1-3-28-24(29-4-2)20-25(19-22-13-9-6-10-14-22)23(26)16-18-27-17-15-21-11-7-5-8-12-21/h5-14,24H,3-4,15-20H2,1-2H3. The molecule has 0 saturated heterocycles. The van der Waals surface area contributed by atoms with Crippen LogP contribution in [0.4, 0.5) is 0 Å². The smallest absolute Gasteiger partial charge is 0.225 e. The molecule has 0 saturated carbocycles. The van der Waals surface area contributed by atoms with Crippen molar-refractivity contribution >= 4 is 5.91 Å². The molecule has 0 N–H and O–H groups in total. The molecule has 0 aliphatic carbocycles. The molecule has 0 aliphatic heterocycles. The number of hydrogen-bond donors (Lipinski definition) is 0. The van der Waals surface area contributed by atoms with Gasteiger partial charge in [0, 0.05) is 19.8 Å². The zero-order valence-electron chi connectivity index (χ0n) is 17.6. The third kappa shape index (κ3) is 9.22. The number of carbonyl (C=O) groups is 1. The van der Waals surface area contributed by atoms with Crippen LogP contribution >= 0.6 is 0 Å². The number of ether oxygens (including phenoxy) is 3. The SMILES string of the molecule is CCOC(CN(Cc1ccccc1)C(=O)CCOCCc1ccccc1)OCC. The Balaban J connectivity index is 1.85. The molecule has 5 nitrogen and oxygen atoms in total. The Kier molecular flexibility index (Phi) is 11.0. The molecule has 0 bridgehead atoms. The van der Waals surface area contributed by atoms with Crippen molar-refractivity contribution in [1.29, 1.82) is 0 Å². The molecule has 2 aromatic rings. The Bertz CT molecular complexity index is 672. The van der Waals surface area contributed by atoms with E-state index in [0.29, 0.717) is 45.9 Å². The maximum Gasteiger partial charge on any atom is 0.225 e. The molecule has 158 valence electrons. The predicted molar refractivity (Wildman–Crippen MR) is 114 cm³/mol. The minimum atomic E-state index is -0.420. The highest BCUT2D eigenvalue weighted by Crippen LogP contribution is 2.10. The molecule has 0 heterocycles. The fraction of sp³-hybridized carbons (Fsp3) is 0.458. The van der Waals surface area contributed by atoms with E-state index >= 15 is 0 Å². The van der Waals surface area contributed by atoms with Gasteiger partial charge in [-0.25, -0.2) is 0 Å². The molecule has 5 heteroatoms. The summed E-state index contributed by atoms with van der Waals surface area (Å²) in [6.45, 7) is 6.88. The van der Waals surface area contributed by atoms with Gasteiger partial charge in [0.15, 0.2) is 6.29 Å². The fourth-order valence-electron chi connectivity index (χ4n) is 3.02. The quantitative estimate of drug-likeness (QED) is 0.355. The van der Waals surface area contributed by atoms with Gasteiger partial charge in [0.05, 0.1) is 26.2 Å². The van der Waals surface area contributed by atoms with E-state index in [0.717, 1.165) is 12.0 Å². The van der Waals surface area contributed by atoms with Crippen LogP contribution in [-0.4, -0.2) is 50.1 Å². The van der Waals surface area contributed by atoms with Gasteiger partial charge in [-0.3, -0.25) is 4.79 Å². The van der Waals surface area contributed by atoms with Crippen molar-refractivity contribution < 1.29 is 19.0 Å². The first-order valence-corrected chi connectivity index (χ1v) is 10.4. The summed E-state index contributed by atoms with van der Waals surface area (Å²) in [7, 11) is 0. The Hall–Kier alpha value is -2.21. The summed E-state index contributed by atoms with van der Waals surface area (Å²) in [5.74, 6) is 0.0398. The molecule has 0 aromatic heterocycles. The van der Waals surface area contributed by atoms with Gasteiger partial charge in [-0.1, -0.05) is 60.7 Å². The van der Waals surface area contributed by atoms with Crippen LogP contribution in [0.25, 0.3) is 0 Å². The van der Waals surface area contributed by atoms with Gasteiger partial charge in [0.2, 0.25) is 5.91 Å². The second kappa shape index (κ2) is 13.9. The van der Waals surface area contributed by atoms with Crippen molar-refractivity contribution in [3.63, 3.8) is 0 Å². The minimum Gasteiger partial charge on any atom is -0.381 e. The van der Waals surface area contributed by atoms with Gasteiger partial charge in [-0.15, -0.1) is 0 Å². The van der Waals surface area contributed by atoms with Crippen molar-refractivity contribution in [2.24, 2.45) is 0 Å². The monoisotopic (exact) mass is 399 g/mol. The van der Waals surface area contributed by atoms with Gasteiger partial charge in [-0.05, 0) is 31.4 Å². The molecular formula is C24H33NO4. The van der Waals surface area contributed by atoms with Crippen LogP contribution < -0.4 is 0 Å². The molecule has 2 rings (SSSR count). The molecule has 0 aliphatic rings. The van der Waals surface area contributed by atoms with Crippen LogP contribution in [0.2, 0.25) is 0 Å². The van der Waals surface area contributed by atoms with E-state index in [9.17, 15) is 4.79 Å². The van der Waals surface area contributed by atoms with Crippen molar-refractivity contribution in [2.45, 2.75) is 39.5 Å². The van der Waals surface area contributed by atoms with Crippen LogP contribution in [0.5, 0.6) is 0 Å². The van der Waals surface area contributed by atoms with Gasteiger partial charge >= 0.3 is 0 Å². The Morgan fingerprint density at radius 1 is 0.862 bits per heavy atom. The predicted octanol–water partition coefficient (Wildman–Crippen LogP) is 4.06. The van der Waals surface area contributed by atoms with Gasteiger partial charge in [-0.2, -0.15) is 0 Å². The number of rotatable bonds is 14. The first-order chi connectivity index (χ1) is 14.2. The van der Waals surface area contributed by atoms with E-state index in [1.165, 1.54) is 5.56 Å². The number of benzene rings is 2. The average molecular weight is 400 g/mol. The zero-order valence-corrected chi connectivity index (χ0v) is 17.6. The molecule has 0 unspecified atom stereocenters.